The van der Waals surface area contributed by atoms with E-state index in [1.807, 2.05) is 12.1 Å². The highest BCUT2D eigenvalue weighted by atomic mass is 16.5. The summed E-state index contributed by atoms with van der Waals surface area (Å²) in [5.41, 5.74) is 7.34. The van der Waals surface area contributed by atoms with Gasteiger partial charge in [0, 0.05) is 6.04 Å². The Balaban J connectivity index is 2.20. The van der Waals surface area contributed by atoms with Crippen LogP contribution in [-0.2, 0) is 0 Å². The maximum atomic E-state index is 6.01. The molecule has 0 unspecified atom stereocenters. The summed E-state index contributed by atoms with van der Waals surface area (Å²) in [6.45, 7) is 0. The van der Waals surface area contributed by atoms with Gasteiger partial charge >= 0.3 is 0 Å². The summed E-state index contributed by atoms with van der Waals surface area (Å²) < 4.78 is 5.39. The first-order valence-electron chi connectivity index (χ1n) is 5.69. The summed E-state index contributed by atoms with van der Waals surface area (Å²) in [7, 11) is 1.74. The molecule has 1 fully saturated rings. The third kappa shape index (κ3) is 2.32. The van der Waals surface area contributed by atoms with E-state index >= 15 is 0 Å². The Morgan fingerprint density at radius 1 is 1.27 bits per heavy atom. The van der Waals surface area contributed by atoms with Gasteiger partial charge in [0.2, 0.25) is 0 Å². The van der Waals surface area contributed by atoms with Gasteiger partial charge in [-0.3, -0.25) is 0 Å². The third-order valence-electron chi connectivity index (χ3n) is 3.29. The standard InChI is InChI=1S/C13H19NO/c1-15-13-8-3-2-7-12(13)10-5-4-6-11(14)9-10/h2-3,7-8,10-11H,4-6,9,14H2,1H3/t10-,11+/m0/s1. The zero-order chi connectivity index (χ0) is 10.7. The van der Waals surface area contributed by atoms with E-state index in [1.165, 1.54) is 24.8 Å². The zero-order valence-corrected chi connectivity index (χ0v) is 9.28. The normalized spacial score (nSPS) is 26.3. The molecular weight excluding hydrogens is 186 g/mol. The monoisotopic (exact) mass is 205 g/mol. The Bertz CT molecular complexity index is 324. The van der Waals surface area contributed by atoms with E-state index in [1.54, 1.807) is 7.11 Å². The highest BCUT2D eigenvalue weighted by Gasteiger charge is 2.22. The Morgan fingerprint density at radius 3 is 2.80 bits per heavy atom. The van der Waals surface area contributed by atoms with Crippen molar-refractivity contribution in [2.24, 2.45) is 5.73 Å². The van der Waals surface area contributed by atoms with Gasteiger partial charge in [0.25, 0.3) is 0 Å². The molecule has 1 aromatic rings. The van der Waals surface area contributed by atoms with Gasteiger partial charge in [-0.2, -0.15) is 0 Å². The molecule has 2 rings (SSSR count). The van der Waals surface area contributed by atoms with Gasteiger partial charge in [0.1, 0.15) is 5.75 Å². The molecule has 0 saturated heterocycles. The highest BCUT2D eigenvalue weighted by Crippen LogP contribution is 2.36. The first-order valence-corrected chi connectivity index (χ1v) is 5.69. The lowest BCUT2D eigenvalue weighted by molar-refractivity contribution is 0.367. The van der Waals surface area contributed by atoms with Crippen LogP contribution in [0.3, 0.4) is 0 Å². The number of benzene rings is 1. The zero-order valence-electron chi connectivity index (χ0n) is 9.28. The van der Waals surface area contributed by atoms with Gasteiger partial charge < -0.3 is 10.5 Å². The summed E-state index contributed by atoms with van der Waals surface area (Å²) >= 11 is 0. The number of nitrogens with two attached hydrogens (primary N) is 1. The molecular formula is C13H19NO. The van der Waals surface area contributed by atoms with Crippen molar-refractivity contribution in [3.8, 4) is 5.75 Å². The van der Waals surface area contributed by atoms with Crippen molar-refractivity contribution >= 4 is 0 Å². The van der Waals surface area contributed by atoms with Crippen LogP contribution in [0.2, 0.25) is 0 Å². The van der Waals surface area contributed by atoms with Crippen molar-refractivity contribution in [3.05, 3.63) is 29.8 Å². The van der Waals surface area contributed by atoms with Gasteiger partial charge in [-0.1, -0.05) is 24.6 Å². The van der Waals surface area contributed by atoms with Crippen LogP contribution in [0.4, 0.5) is 0 Å². The van der Waals surface area contributed by atoms with Crippen LogP contribution in [-0.4, -0.2) is 13.2 Å². The fraction of sp³-hybridized carbons (Fsp3) is 0.538. The second-order valence-corrected chi connectivity index (χ2v) is 4.37. The smallest absolute Gasteiger partial charge is 0.122 e. The maximum Gasteiger partial charge on any atom is 0.122 e. The van der Waals surface area contributed by atoms with Crippen LogP contribution in [0.1, 0.15) is 37.2 Å². The van der Waals surface area contributed by atoms with Crippen molar-refractivity contribution in [3.63, 3.8) is 0 Å². The Morgan fingerprint density at radius 2 is 2.07 bits per heavy atom. The van der Waals surface area contributed by atoms with Gasteiger partial charge in [0.15, 0.2) is 0 Å². The van der Waals surface area contributed by atoms with Crippen LogP contribution in [0.5, 0.6) is 5.75 Å². The molecule has 0 heterocycles. The molecule has 2 nitrogen and oxygen atoms in total. The molecule has 0 aromatic heterocycles. The number of para-hydroxylation sites is 1. The van der Waals surface area contributed by atoms with E-state index in [-0.39, 0.29) is 0 Å². The number of ether oxygens (including phenoxy) is 1. The van der Waals surface area contributed by atoms with Crippen LogP contribution < -0.4 is 10.5 Å². The van der Waals surface area contributed by atoms with E-state index in [2.05, 4.69) is 12.1 Å². The number of hydrogen-bond donors (Lipinski definition) is 1. The summed E-state index contributed by atoms with van der Waals surface area (Å²) in [5, 5.41) is 0. The third-order valence-corrected chi connectivity index (χ3v) is 3.29. The lowest BCUT2D eigenvalue weighted by atomic mass is 9.81. The fourth-order valence-electron chi connectivity index (χ4n) is 2.51. The Kier molecular flexibility index (Phi) is 3.27. The first kappa shape index (κ1) is 10.5. The average Bonchev–Trinajstić information content (AvgIpc) is 2.29. The van der Waals surface area contributed by atoms with E-state index in [4.69, 9.17) is 10.5 Å². The Hall–Kier alpha value is -1.02. The SMILES string of the molecule is COc1ccccc1[C@H]1CCC[C@@H](N)C1. The van der Waals surface area contributed by atoms with E-state index < -0.39 is 0 Å². The van der Waals surface area contributed by atoms with Gasteiger partial charge in [0.05, 0.1) is 7.11 Å². The minimum atomic E-state index is 0.369. The van der Waals surface area contributed by atoms with Crippen molar-refractivity contribution < 1.29 is 4.74 Å². The van der Waals surface area contributed by atoms with Crippen molar-refractivity contribution in [1.82, 2.24) is 0 Å². The topological polar surface area (TPSA) is 35.2 Å². The molecule has 0 amide bonds. The van der Waals surface area contributed by atoms with Crippen LogP contribution in [0.25, 0.3) is 0 Å². The lowest BCUT2D eigenvalue weighted by Crippen LogP contribution is -2.26. The van der Waals surface area contributed by atoms with E-state index in [0.717, 1.165) is 12.2 Å². The van der Waals surface area contributed by atoms with Gasteiger partial charge in [-0.05, 0) is 36.8 Å². The summed E-state index contributed by atoms with van der Waals surface area (Å²) in [4.78, 5) is 0. The molecule has 0 spiro atoms. The molecule has 2 N–H and O–H groups in total. The summed E-state index contributed by atoms with van der Waals surface area (Å²) in [5.74, 6) is 1.60. The second kappa shape index (κ2) is 4.67. The molecule has 1 saturated carbocycles. The van der Waals surface area contributed by atoms with Crippen molar-refractivity contribution in [2.45, 2.75) is 37.6 Å². The summed E-state index contributed by atoms with van der Waals surface area (Å²) in [6, 6.07) is 8.67. The van der Waals surface area contributed by atoms with E-state index in [0.29, 0.717) is 12.0 Å². The molecule has 15 heavy (non-hydrogen) atoms. The quantitative estimate of drug-likeness (QED) is 0.805. The predicted octanol–water partition coefficient (Wildman–Crippen LogP) is 2.68. The van der Waals surface area contributed by atoms with Gasteiger partial charge in [-0.15, -0.1) is 0 Å². The van der Waals surface area contributed by atoms with E-state index in [9.17, 15) is 0 Å². The van der Waals surface area contributed by atoms with Crippen molar-refractivity contribution in [2.75, 3.05) is 7.11 Å². The number of rotatable bonds is 2. The molecule has 0 bridgehead atoms. The summed E-state index contributed by atoms with van der Waals surface area (Å²) in [6.07, 6.45) is 4.75. The molecule has 1 aliphatic rings. The number of hydrogen-bond acceptors (Lipinski definition) is 2. The van der Waals surface area contributed by atoms with Crippen molar-refractivity contribution in [1.29, 1.82) is 0 Å². The highest BCUT2D eigenvalue weighted by molar-refractivity contribution is 5.36. The fourth-order valence-corrected chi connectivity index (χ4v) is 2.51. The predicted molar refractivity (Wildman–Crippen MR) is 62.2 cm³/mol. The minimum absolute atomic E-state index is 0.369. The first-order chi connectivity index (χ1) is 7.31. The maximum absolute atomic E-state index is 6.01. The molecule has 2 heteroatoms. The molecule has 1 aliphatic carbocycles. The molecule has 2 atom stereocenters. The van der Waals surface area contributed by atoms with Crippen LogP contribution in [0.15, 0.2) is 24.3 Å². The molecule has 1 aromatic carbocycles. The lowest BCUT2D eigenvalue weighted by Gasteiger charge is -2.27. The second-order valence-electron chi connectivity index (χ2n) is 4.37. The molecule has 82 valence electrons. The van der Waals surface area contributed by atoms with Crippen LogP contribution in [0, 0.1) is 0 Å². The largest absolute Gasteiger partial charge is 0.496 e. The number of methoxy groups -OCH3 is 1. The minimum Gasteiger partial charge on any atom is -0.496 e. The van der Waals surface area contributed by atoms with Crippen LogP contribution >= 0.6 is 0 Å². The average molecular weight is 205 g/mol. The molecule has 0 aliphatic heterocycles. The Labute approximate surface area is 91.4 Å². The van der Waals surface area contributed by atoms with Gasteiger partial charge in [-0.25, -0.2) is 0 Å². The molecule has 0 radical (unpaired) electrons.